The average Bonchev–Trinajstić information content (AvgIpc) is 2.44. The Kier molecular flexibility index (Phi) is 2.73. The molecule has 3 unspecified atom stereocenters. The molecule has 0 spiro atoms. The van der Waals surface area contributed by atoms with Gasteiger partial charge < -0.3 is 9.90 Å². The summed E-state index contributed by atoms with van der Waals surface area (Å²) in [5.41, 5.74) is 2.94. The summed E-state index contributed by atoms with van der Waals surface area (Å²) in [6.07, 6.45) is 5.58. The van der Waals surface area contributed by atoms with Crippen LogP contribution in [0.4, 0.5) is 0 Å². The van der Waals surface area contributed by atoms with Crippen molar-refractivity contribution in [2.45, 2.75) is 45.1 Å². The fraction of sp³-hybridized carbons (Fsp3) is 0.750. The molecule has 2 rings (SSSR count). The van der Waals surface area contributed by atoms with Crippen LogP contribution < -0.4 is 0 Å². The second-order valence-corrected chi connectivity index (χ2v) is 4.68. The zero-order valence-electron chi connectivity index (χ0n) is 8.70. The highest BCUT2D eigenvalue weighted by Crippen LogP contribution is 2.42. The zero-order valence-corrected chi connectivity index (χ0v) is 8.70. The van der Waals surface area contributed by atoms with E-state index in [1.54, 1.807) is 0 Å². The average molecular weight is 194 g/mol. The first-order valence-electron chi connectivity index (χ1n) is 5.54. The van der Waals surface area contributed by atoms with Crippen molar-refractivity contribution in [3.05, 3.63) is 11.1 Å². The van der Waals surface area contributed by atoms with Gasteiger partial charge in [0.15, 0.2) is 0 Å². The lowest BCUT2D eigenvalue weighted by molar-refractivity contribution is -0.113. The number of aliphatic hydroxyl groups is 1. The minimum atomic E-state index is -0.268. The summed E-state index contributed by atoms with van der Waals surface area (Å²) in [6, 6.07) is 0. The highest BCUT2D eigenvalue weighted by Gasteiger charge is 2.34. The molecule has 2 aliphatic carbocycles. The van der Waals surface area contributed by atoms with Gasteiger partial charge in [-0.15, -0.1) is 0 Å². The van der Waals surface area contributed by atoms with Gasteiger partial charge >= 0.3 is 0 Å². The van der Waals surface area contributed by atoms with Crippen LogP contribution in [0.2, 0.25) is 0 Å². The number of aliphatic hydroxyl groups excluding tert-OH is 1. The van der Waals surface area contributed by atoms with E-state index in [2.05, 4.69) is 6.92 Å². The number of hydrogen-bond donors (Lipinski definition) is 1. The Morgan fingerprint density at radius 1 is 1.36 bits per heavy atom. The number of aldehydes is 1. The molecule has 0 bridgehead atoms. The summed E-state index contributed by atoms with van der Waals surface area (Å²) >= 11 is 0. The maximum Gasteiger partial charge on any atom is 0.123 e. The molecule has 0 amide bonds. The van der Waals surface area contributed by atoms with Crippen molar-refractivity contribution in [2.24, 2.45) is 11.8 Å². The summed E-state index contributed by atoms with van der Waals surface area (Å²) in [5, 5.41) is 9.65. The van der Waals surface area contributed by atoms with E-state index in [-0.39, 0.29) is 12.0 Å². The van der Waals surface area contributed by atoms with Crippen molar-refractivity contribution in [1.29, 1.82) is 0 Å². The van der Waals surface area contributed by atoms with Crippen LogP contribution >= 0.6 is 0 Å². The van der Waals surface area contributed by atoms with Crippen molar-refractivity contribution in [1.82, 2.24) is 0 Å². The quantitative estimate of drug-likeness (QED) is 0.512. The first-order chi connectivity index (χ1) is 6.72. The summed E-state index contributed by atoms with van der Waals surface area (Å²) in [7, 11) is 0. The second kappa shape index (κ2) is 3.85. The van der Waals surface area contributed by atoms with Crippen molar-refractivity contribution in [3.8, 4) is 0 Å². The van der Waals surface area contributed by atoms with Crippen LogP contribution in [0.15, 0.2) is 11.1 Å². The molecule has 14 heavy (non-hydrogen) atoms. The number of carbonyl (C=O) groups excluding carboxylic acids is 1. The van der Waals surface area contributed by atoms with Gasteiger partial charge in [0.2, 0.25) is 0 Å². The van der Waals surface area contributed by atoms with Gasteiger partial charge in [0.1, 0.15) is 6.29 Å². The summed E-state index contributed by atoms with van der Waals surface area (Å²) in [5.74, 6) is 0.518. The standard InChI is InChI=1S/C12H18O2/c1-8-2-4-12-9(7-13)6-10(14)3-5-11(8)12/h7,9-10,12,14H,2-6H2,1H3. The maximum absolute atomic E-state index is 11.0. The van der Waals surface area contributed by atoms with Gasteiger partial charge in [-0.25, -0.2) is 0 Å². The topological polar surface area (TPSA) is 37.3 Å². The van der Waals surface area contributed by atoms with E-state index in [1.165, 1.54) is 11.1 Å². The molecule has 0 radical (unpaired) electrons. The number of carbonyl (C=O) groups is 1. The lowest BCUT2D eigenvalue weighted by atomic mass is 9.86. The number of hydrogen-bond acceptors (Lipinski definition) is 2. The van der Waals surface area contributed by atoms with E-state index in [9.17, 15) is 9.90 Å². The van der Waals surface area contributed by atoms with Crippen molar-refractivity contribution in [2.75, 3.05) is 0 Å². The van der Waals surface area contributed by atoms with Crippen LogP contribution in [-0.2, 0) is 4.79 Å². The molecule has 0 aromatic carbocycles. The fourth-order valence-electron chi connectivity index (χ4n) is 2.96. The first-order valence-corrected chi connectivity index (χ1v) is 5.54. The maximum atomic E-state index is 11.0. The van der Waals surface area contributed by atoms with E-state index >= 15 is 0 Å². The number of fused-ring (bicyclic) bond motifs is 1. The lowest BCUT2D eigenvalue weighted by Gasteiger charge is -2.18. The Hall–Kier alpha value is -0.630. The van der Waals surface area contributed by atoms with Gasteiger partial charge in [0.25, 0.3) is 0 Å². The molecular weight excluding hydrogens is 176 g/mol. The molecule has 0 aromatic heterocycles. The molecule has 0 heterocycles. The van der Waals surface area contributed by atoms with E-state index in [0.717, 1.165) is 32.0 Å². The Bertz CT molecular complexity index is 267. The normalized spacial score (nSPS) is 38.0. The Morgan fingerprint density at radius 3 is 2.86 bits per heavy atom. The van der Waals surface area contributed by atoms with Gasteiger partial charge in [0.05, 0.1) is 6.10 Å². The molecule has 1 saturated carbocycles. The predicted octanol–water partition coefficient (Wildman–Crippen LogP) is 2.07. The van der Waals surface area contributed by atoms with Crippen molar-refractivity contribution in [3.63, 3.8) is 0 Å². The summed E-state index contributed by atoms with van der Waals surface area (Å²) in [6.45, 7) is 2.18. The van der Waals surface area contributed by atoms with Crippen LogP contribution in [0.1, 0.15) is 39.0 Å². The SMILES string of the molecule is CC1=C2CCC(O)CC(C=O)C2CC1. The third kappa shape index (κ3) is 1.63. The van der Waals surface area contributed by atoms with Gasteiger partial charge in [-0.3, -0.25) is 0 Å². The minimum Gasteiger partial charge on any atom is -0.393 e. The molecule has 3 atom stereocenters. The predicted molar refractivity (Wildman–Crippen MR) is 54.8 cm³/mol. The molecule has 1 N–H and O–H groups in total. The fourth-order valence-corrected chi connectivity index (χ4v) is 2.96. The van der Waals surface area contributed by atoms with Crippen LogP contribution in [0, 0.1) is 11.8 Å². The van der Waals surface area contributed by atoms with Gasteiger partial charge in [-0.2, -0.15) is 0 Å². The summed E-state index contributed by atoms with van der Waals surface area (Å²) < 4.78 is 0. The third-order valence-electron chi connectivity index (χ3n) is 3.81. The molecule has 1 fully saturated rings. The van der Waals surface area contributed by atoms with E-state index in [4.69, 9.17) is 0 Å². The van der Waals surface area contributed by atoms with Crippen LogP contribution in [0.25, 0.3) is 0 Å². The smallest absolute Gasteiger partial charge is 0.123 e. The molecule has 2 heteroatoms. The van der Waals surface area contributed by atoms with E-state index in [0.29, 0.717) is 12.3 Å². The Balaban J connectivity index is 2.24. The van der Waals surface area contributed by atoms with Gasteiger partial charge in [-0.1, -0.05) is 11.1 Å². The van der Waals surface area contributed by atoms with Crippen LogP contribution in [-0.4, -0.2) is 17.5 Å². The van der Waals surface area contributed by atoms with E-state index < -0.39 is 0 Å². The van der Waals surface area contributed by atoms with Crippen molar-refractivity contribution >= 4 is 6.29 Å². The van der Waals surface area contributed by atoms with Gasteiger partial charge in [-0.05, 0) is 44.9 Å². The lowest BCUT2D eigenvalue weighted by Crippen LogP contribution is -2.18. The third-order valence-corrected chi connectivity index (χ3v) is 3.81. The molecule has 2 aliphatic rings. The monoisotopic (exact) mass is 194 g/mol. The van der Waals surface area contributed by atoms with E-state index in [1.807, 2.05) is 0 Å². The molecule has 78 valence electrons. The van der Waals surface area contributed by atoms with Crippen molar-refractivity contribution < 1.29 is 9.90 Å². The molecule has 0 aromatic rings. The summed E-state index contributed by atoms with van der Waals surface area (Å²) in [4.78, 5) is 11.0. The van der Waals surface area contributed by atoms with Gasteiger partial charge in [0, 0.05) is 5.92 Å². The first kappa shape index (κ1) is 9.91. The minimum absolute atomic E-state index is 0.0694. The number of rotatable bonds is 1. The Morgan fingerprint density at radius 2 is 2.14 bits per heavy atom. The molecule has 0 aliphatic heterocycles. The molecule has 0 saturated heterocycles. The largest absolute Gasteiger partial charge is 0.393 e. The van der Waals surface area contributed by atoms with Crippen LogP contribution in [0.5, 0.6) is 0 Å². The number of allylic oxidation sites excluding steroid dienone is 2. The zero-order chi connectivity index (χ0) is 10.1. The molecule has 2 nitrogen and oxygen atoms in total. The van der Waals surface area contributed by atoms with Crippen LogP contribution in [0.3, 0.4) is 0 Å². The second-order valence-electron chi connectivity index (χ2n) is 4.68. The highest BCUT2D eigenvalue weighted by atomic mass is 16.3. The highest BCUT2D eigenvalue weighted by molar-refractivity contribution is 5.56. The molecular formula is C12H18O2. The Labute approximate surface area is 85.0 Å².